The first-order chi connectivity index (χ1) is 10.5. The third-order valence-corrected chi connectivity index (χ3v) is 3.53. The van der Waals surface area contributed by atoms with Crippen LogP contribution >= 0.6 is 27.5 Å². The fourth-order valence-electron chi connectivity index (χ4n) is 1.73. The number of rotatable bonds is 4. The number of carboxylic acid groups (broad SMARTS) is 1. The van der Waals surface area contributed by atoms with Crippen LogP contribution in [0.3, 0.4) is 0 Å². The zero-order valence-electron chi connectivity index (χ0n) is 11.2. The predicted octanol–water partition coefficient (Wildman–Crippen LogP) is 4.45. The van der Waals surface area contributed by atoms with Gasteiger partial charge in [-0.25, -0.2) is 4.79 Å². The Hall–Kier alpha value is -2.11. The Balaban J connectivity index is 2.13. The smallest absolute Gasteiger partial charge is 0.337 e. The third kappa shape index (κ3) is 4.44. The maximum absolute atomic E-state index is 11.9. The van der Waals surface area contributed by atoms with Crippen LogP contribution < -0.4 is 5.32 Å². The number of hydrogen-bond donors (Lipinski definition) is 2. The van der Waals surface area contributed by atoms with Crippen molar-refractivity contribution >= 4 is 51.2 Å². The number of anilines is 1. The number of carboxylic acids is 1. The highest BCUT2D eigenvalue weighted by Gasteiger charge is 2.11. The molecule has 22 heavy (non-hydrogen) atoms. The molecule has 2 aromatic rings. The summed E-state index contributed by atoms with van der Waals surface area (Å²) in [7, 11) is 0. The molecule has 2 aromatic carbocycles. The van der Waals surface area contributed by atoms with Gasteiger partial charge < -0.3 is 10.4 Å². The second-order valence-electron chi connectivity index (χ2n) is 4.37. The number of carbonyl (C=O) groups is 2. The van der Waals surface area contributed by atoms with Crippen molar-refractivity contribution in [1.82, 2.24) is 0 Å². The minimum Gasteiger partial charge on any atom is -0.478 e. The monoisotopic (exact) mass is 379 g/mol. The molecule has 1 amide bonds. The first-order valence-corrected chi connectivity index (χ1v) is 7.40. The highest BCUT2D eigenvalue weighted by atomic mass is 79.9. The number of carbonyl (C=O) groups excluding carboxylic acids is 1. The third-order valence-electron chi connectivity index (χ3n) is 2.77. The molecule has 6 heteroatoms. The summed E-state index contributed by atoms with van der Waals surface area (Å²) in [5.41, 5.74) is 0.989. The molecule has 0 saturated heterocycles. The summed E-state index contributed by atoms with van der Waals surface area (Å²) in [6.07, 6.45) is 2.96. The number of hydrogen-bond acceptors (Lipinski definition) is 2. The highest BCUT2D eigenvalue weighted by molar-refractivity contribution is 9.10. The van der Waals surface area contributed by atoms with Crippen LogP contribution in [0.1, 0.15) is 15.9 Å². The van der Waals surface area contributed by atoms with Gasteiger partial charge in [0.25, 0.3) is 0 Å². The molecule has 0 spiro atoms. The van der Waals surface area contributed by atoms with E-state index in [0.29, 0.717) is 5.02 Å². The Morgan fingerprint density at radius 1 is 1.14 bits per heavy atom. The topological polar surface area (TPSA) is 66.4 Å². The van der Waals surface area contributed by atoms with Gasteiger partial charge in [0.15, 0.2) is 0 Å². The Kier molecular flexibility index (Phi) is 5.35. The van der Waals surface area contributed by atoms with Crippen LogP contribution in [0.2, 0.25) is 5.02 Å². The molecule has 0 unspecified atom stereocenters. The minimum absolute atomic E-state index is 0.0187. The molecule has 0 radical (unpaired) electrons. The van der Waals surface area contributed by atoms with Crippen molar-refractivity contribution in [2.75, 3.05) is 5.32 Å². The predicted molar refractivity (Wildman–Crippen MR) is 90.2 cm³/mol. The molecule has 0 saturated carbocycles. The Morgan fingerprint density at radius 3 is 2.45 bits per heavy atom. The van der Waals surface area contributed by atoms with Crippen LogP contribution in [0.15, 0.2) is 53.0 Å². The molecule has 0 fully saturated rings. The van der Waals surface area contributed by atoms with Gasteiger partial charge in [-0.15, -0.1) is 0 Å². The van der Waals surface area contributed by atoms with E-state index >= 15 is 0 Å². The number of aromatic carboxylic acids is 1. The van der Waals surface area contributed by atoms with Gasteiger partial charge in [0.2, 0.25) is 5.91 Å². The second-order valence-corrected chi connectivity index (χ2v) is 5.72. The highest BCUT2D eigenvalue weighted by Crippen LogP contribution is 2.21. The van der Waals surface area contributed by atoms with Gasteiger partial charge in [-0.05, 0) is 42.0 Å². The van der Waals surface area contributed by atoms with Crippen LogP contribution in [-0.2, 0) is 4.79 Å². The molecule has 0 aliphatic rings. The van der Waals surface area contributed by atoms with E-state index in [1.807, 2.05) is 24.3 Å². The van der Waals surface area contributed by atoms with E-state index in [0.717, 1.165) is 10.0 Å². The number of nitrogens with one attached hydrogen (secondary N) is 1. The summed E-state index contributed by atoms with van der Waals surface area (Å²) in [6, 6.07) is 11.6. The maximum atomic E-state index is 11.9. The van der Waals surface area contributed by atoms with Crippen molar-refractivity contribution in [3.63, 3.8) is 0 Å². The zero-order valence-corrected chi connectivity index (χ0v) is 13.6. The summed E-state index contributed by atoms with van der Waals surface area (Å²) in [4.78, 5) is 23.0. The van der Waals surface area contributed by atoms with Gasteiger partial charge in [0.05, 0.1) is 11.3 Å². The molecule has 0 aliphatic heterocycles. The summed E-state index contributed by atoms with van der Waals surface area (Å²) < 4.78 is 0.944. The van der Waals surface area contributed by atoms with Gasteiger partial charge in [0, 0.05) is 15.6 Å². The first kappa shape index (κ1) is 16.3. The van der Waals surface area contributed by atoms with E-state index in [-0.39, 0.29) is 11.3 Å². The van der Waals surface area contributed by atoms with Crippen LogP contribution in [0.4, 0.5) is 5.69 Å². The molecule has 2 N–H and O–H groups in total. The van der Waals surface area contributed by atoms with E-state index in [9.17, 15) is 9.59 Å². The Morgan fingerprint density at radius 2 is 1.82 bits per heavy atom. The van der Waals surface area contributed by atoms with Crippen molar-refractivity contribution in [2.45, 2.75) is 0 Å². The number of benzene rings is 2. The molecule has 0 aliphatic carbocycles. The molecule has 4 nitrogen and oxygen atoms in total. The first-order valence-electron chi connectivity index (χ1n) is 6.23. The molecule has 2 rings (SSSR count). The standard InChI is InChI=1S/C16H11BrClNO3/c17-11-4-1-10(2-5-11)3-8-15(20)19-14-9-12(18)6-7-13(14)16(21)22/h1-9H,(H,19,20)(H,21,22)/b8-3+. The van der Waals surface area contributed by atoms with Gasteiger partial charge in [-0.1, -0.05) is 39.7 Å². The summed E-state index contributed by atoms with van der Waals surface area (Å²) in [5, 5.41) is 11.9. The normalized spacial score (nSPS) is 10.6. The molecule has 0 heterocycles. The van der Waals surface area contributed by atoms with Crippen molar-refractivity contribution in [1.29, 1.82) is 0 Å². The quantitative estimate of drug-likeness (QED) is 0.770. The molecule has 0 bridgehead atoms. The zero-order chi connectivity index (χ0) is 16.1. The lowest BCUT2D eigenvalue weighted by Crippen LogP contribution is -2.12. The molecular formula is C16H11BrClNO3. The van der Waals surface area contributed by atoms with Crippen LogP contribution in [0.5, 0.6) is 0 Å². The summed E-state index contributed by atoms with van der Waals surface area (Å²) in [6.45, 7) is 0. The van der Waals surface area contributed by atoms with Gasteiger partial charge in [-0.2, -0.15) is 0 Å². The minimum atomic E-state index is -1.14. The summed E-state index contributed by atoms with van der Waals surface area (Å²) >= 11 is 9.15. The lowest BCUT2D eigenvalue weighted by molar-refractivity contribution is -0.111. The molecular weight excluding hydrogens is 370 g/mol. The van der Waals surface area contributed by atoms with E-state index in [1.54, 1.807) is 6.08 Å². The fraction of sp³-hybridized carbons (Fsp3) is 0. The Bertz CT molecular complexity index is 742. The van der Waals surface area contributed by atoms with Crippen molar-refractivity contribution in [3.8, 4) is 0 Å². The number of halogens is 2. The Labute approximate surface area is 140 Å². The SMILES string of the molecule is O=C(/C=C/c1ccc(Br)cc1)Nc1cc(Cl)ccc1C(=O)O. The molecule has 0 atom stereocenters. The fourth-order valence-corrected chi connectivity index (χ4v) is 2.16. The number of amides is 1. The lowest BCUT2D eigenvalue weighted by Gasteiger charge is -2.07. The largest absolute Gasteiger partial charge is 0.478 e. The van der Waals surface area contributed by atoms with Gasteiger partial charge in [0.1, 0.15) is 0 Å². The van der Waals surface area contributed by atoms with Crippen molar-refractivity contribution in [3.05, 3.63) is 69.2 Å². The van der Waals surface area contributed by atoms with Gasteiger partial charge in [-0.3, -0.25) is 4.79 Å². The average Bonchev–Trinajstić information content (AvgIpc) is 2.46. The molecule has 112 valence electrons. The second kappa shape index (κ2) is 7.24. The van der Waals surface area contributed by atoms with E-state index in [1.165, 1.54) is 24.3 Å². The summed E-state index contributed by atoms with van der Waals surface area (Å²) in [5.74, 6) is -1.57. The van der Waals surface area contributed by atoms with E-state index in [2.05, 4.69) is 21.2 Å². The van der Waals surface area contributed by atoms with E-state index in [4.69, 9.17) is 16.7 Å². The van der Waals surface area contributed by atoms with Crippen molar-refractivity contribution in [2.24, 2.45) is 0 Å². The maximum Gasteiger partial charge on any atom is 0.337 e. The lowest BCUT2D eigenvalue weighted by atomic mass is 10.1. The van der Waals surface area contributed by atoms with Crippen LogP contribution in [-0.4, -0.2) is 17.0 Å². The average molecular weight is 381 g/mol. The van der Waals surface area contributed by atoms with E-state index < -0.39 is 11.9 Å². The molecule has 0 aromatic heterocycles. The van der Waals surface area contributed by atoms with Crippen LogP contribution in [0, 0.1) is 0 Å². The van der Waals surface area contributed by atoms with Crippen molar-refractivity contribution < 1.29 is 14.7 Å². The van der Waals surface area contributed by atoms with Gasteiger partial charge >= 0.3 is 5.97 Å². The van der Waals surface area contributed by atoms with Crippen LogP contribution in [0.25, 0.3) is 6.08 Å².